The minimum Gasteiger partial charge on any atom is -0.473 e. The lowest BCUT2D eigenvalue weighted by Gasteiger charge is -2.34. The molecule has 3 heterocycles. The van der Waals surface area contributed by atoms with Crippen LogP contribution in [0.3, 0.4) is 0 Å². The van der Waals surface area contributed by atoms with Crippen molar-refractivity contribution in [2.45, 2.75) is 52.7 Å². The summed E-state index contributed by atoms with van der Waals surface area (Å²) >= 11 is 5.85. The van der Waals surface area contributed by atoms with E-state index in [-0.39, 0.29) is 12.4 Å². The summed E-state index contributed by atoms with van der Waals surface area (Å²) in [5.41, 5.74) is 4.19. The Morgan fingerprint density at radius 3 is 2.64 bits per heavy atom. The minimum atomic E-state index is -0.390. The maximum atomic E-state index is 14.1. The fourth-order valence-electron chi connectivity index (χ4n) is 5.26. The number of likely N-dealkylation sites (tertiary alicyclic amines) is 1. The Morgan fingerprint density at radius 1 is 1.12 bits per heavy atom. The first-order valence-corrected chi connectivity index (χ1v) is 14.5. The van der Waals surface area contributed by atoms with Gasteiger partial charge in [0.2, 0.25) is 17.7 Å². The van der Waals surface area contributed by atoms with Crippen molar-refractivity contribution in [1.82, 2.24) is 20.1 Å². The molecule has 5 rings (SSSR count). The van der Waals surface area contributed by atoms with Gasteiger partial charge in [0.05, 0.1) is 6.54 Å². The van der Waals surface area contributed by atoms with Crippen LogP contribution in [0.4, 0.5) is 10.1 Å². The van der Waals surface area contributed by atoms with Crippen molar-refractivity contribution in [2.24, 2.45) is 0 Å². The number of ketones is 1. The molecule has 0 N–H and O–H groups in total. The second-order valence-electron chi connectivity index (χ2n) is 10.7. The van der Waals surface area contributed by atoms with Gasteiger partial charge in [0.15, 0.2) is 5.78 Å². The lowest BCUT2D eigenvalue weighted by Crippen LogP contribution is -2.39. The molecule has 220 valence electrons. The number of hydrogen-bond acceptors (Lipinski definition) is 8. The third-order valence-corrected chi connectivity index (χ3v) is 7.91. The van der Waals surface area contributed by atoms with Crippen LogP contribution >= 0.6 is 11.6 Å². The number of nitrogens with zero attached hydrogens (tertiary/aromatic N) is 5. The fraction of sp³-hybridized carbons (Fsp3) is 0.375. The molecule has 1 aliphatic heterocycles. The van der Waals surface area contributed by atoms with Crippen LogP contribution in [-0.4, -0.2) is 52.0 Å². The molecule has 10 heteroatoms. The Labute approximate surface area is 250 Å². The van der Waals surface area contributed by atoms with Crippen LogP contribution in [0.1, 0.15) is 64.6 Å². The molecule has 2 aromatic heterocycles. The second-order valence-corrected chi connectivity index (χ2v) is 11.2. The van der Waals surface area contributed by atoms with Crippen molar-refractivity contribution in [3.05, 3.63) is 99.6 Å². The van der Waals surface area contributed by atoms with E-state index in [1.807, 2.05) is 37.3 Å². The smallest absolute Gasteiger partial charge is 0.235 e. The van der Waals surface area contributed by atoms with Gasteiger partial charge in [0, 0.05) is 59.5 Å². The van der Waals surface area contributed by atoms with Crippen molar-refractivity contribution in [1.29, 1.82) is 0 Å². The Balaban J connectivity index is 1.19. The van der Waals surface area contributed by atoms with Gasteiger partial charge in [-0.15, -0.1) is 10.2 Å². The molecule has 0 amide bonds. The Bertz CT molecular complexity index is 1540. The number of piperidine rings is 1. The van der Waals surface area contributed by atoms with E-state index in [2.05, 4.69) is 20.0 Å². The van der Waals surface area contributed by atoms with Gasteiger partial charge in [-0.25, -0.2) is 9.37 Å². The molecular formula is C32H35ClFN5O3. The van der Waals surface area contributed by atoms with E-state index in [0.717, 1.165) is 56.0 Å². The molecule has 1 aliphatic rings. The topological polar surface area (TPSA) is 84.6 Å². The third-order valence-electron chi connectivity index (χ3n) is 7.68. The Hall–Kier alpha value is -3.82. The molecule has 0 spiro atoms. The van der Waals surface area contributed by atoms with Gasteiger partial charge in [-0.1, -0.05) is 35.9 Å². The number of anilines is 1. The Kier molecular flexibility index (Phi) is 9.49. The van der Waals surface area contributed by atoms with Gasteiger partial charge < -0.3 is 19.0 Å². The van der Waals surface area contributed by atoms with Gasteiger partial charge in [0.25, 0.3) is 0 Å². The monoisotopic (exact) mass is 591 g/mol. The van der Waals surface area contributed by atoms with Gasteiger partial charge in [-0.2, -0.15) is 0 Å². The third kappa shape index (κ3) is 7.52. The van der Waals surface area contributed by atoms with E-state index in [1.165, 1.54) is 6.07 Å². The molecule has 0 unspecified atom stereocenters. The number of Topliss-reactive ketones (excluding diaryl/α,β-unsaturated/α-hetero) is 1. The normalized spacial score (nSPS) is 14.2. The minimum absolute atomic E-state index is 0.0344. The summed E-state index contributed by atoms with van der Waals surface area (Å²) < 4.78 is 25.6. The summed E-state index contributed by atoms with van der Waals surface area (Å²) in [7, 11) is 0. The van der Waals surface area contributed by atoms with Gasteiger partial charge in [-0.05, 0) is 69.6 Å². The number of hydrogen-bond donors (Lipinski definition) is 0. The number of carbonyl (C=O) groups is 1. The van der Waals surface area contributed by atoms with Crippen molar-refractivity contribution < 1.29 is 18.3 Å². The van der Waals surface area contributed by atoms with Crippen LogP contribution in [0.2, 0.25) is 5.02 Å². The summed E-state index contributed by atoms with van der Waals surface area (Å²) in [5.74, 6) is 1.53. The number of halogens is 2. The molecule has 2 aromatic carbocycles. The van der Waals surface area contributed by atoms with Crippen LogP contribution < -0.4 is 9.64 Å². The van der Waals surface area contributed by atoms with Crippen LogP contribution in [0, 0.1) is 19.7 Å². The number of benzene rings is 2. The first-order valence-electron chi connectivity index (χ1n) is 14.2. The quantitative estimate of drug-likeness (QED) is 0.182. The first kappa shape index (κ1) is 29.7. The molecule has 0 atom stereocenters. The Morgan fingerprint density at radius 2 is 1.93 bits per heavy atom. The van der Waals surface area contributed by atoms with Crippen molar-refractivity contribution >= 4 is 23.1 Å². The molecule has 0 bridgehead atoms. The summed E-state index contributed by atoms with van der Waals surface area (Å²) in [6, 6.07) is 16.1. The van der Waals surface area contributed by atoms with E-state index in [9.17, 15) is 9.18 Å². The highest BCUT2D eigenvalue weighted by atomic mass is 35.5. The van der Waals surface area contributed by atoms with E-state index >= 15 is 0 Å². The van der Waals surface area contributed by atoms with Gasteiger partial charge >= 0.3 is 0 Å². The molecule has 0 saturated carbocycles. The standard InChI is InChI=1S/C32H35ClFN5O3/c1-21-7-8-25(22(2)40)17-30(21)39(19-32-37-36-23(3)42-32)16-15-38-13-11-24(12-14-38)29-5-4-6-31(35-29)41-20-26-9-10-27(33)18-28(26)34/h4-10,17-18,24H,11-16,19-20H2,1-3H3. The van der Waals surface area contributed by atoms with E-state index in [4.69, 9.17) is 25.7 Å². The van der Waals surface area contributed by atoms with Crippen molar-refractivity contribution in [3.8, 4) is 5.88 Å². The van der Waals surface area contributed by atoms with Crippen molar-refractivity contribution in [3.63, 3.8) is 0 Å². The van der Waals surface area contributed by atoms with Crippen LogP contribution in [0.5, 0.6) is 5.88 Å². The highest BCUT2D eigenvalue weighted by Crippen LogP contribution is 2.29. The molecule has 0 radical (unpaired) electrons. The zero-order chi connectivity index (χ0) is 29.6. The largest absolute Gasteiger partial charge is 0.473 e. The predicted molar refractivity (Wildman–Crippen MR) is 160 cm³/mol. The number of carbonyl (C=O) groups excluding carboxylic acids is 1. The lowest BCUT2D eigenvalue weighted by atomic mass is 9.93. The first-order chi connectivity index (χ1) is 20.2. The summed E-state index contributed by atoms with van der Waals surface area (Å²) in [4.78, 5) is 21.5. The second kappa shape index (κ2) is 13.4. The van der Waals surface area contributed by atoms with Gasteiger partial charge in [-0.3, -0.25) is 4.79 Å². The molecular weight excluding hydrogens is 557 g/mol. The molecule has 0 aliphatic carbocycles. The highest BCUT2D eigenvalue weighted by molar-refractivity contribution is 6.30. The molecule has 42 heavy (non-hydrogen) atoms. The van der Waals surface area contributed by atoms with Gasteiger partial charge in [0.1, 0.15) is 12.4 Å². The highest BCUT2D eigenvalue weighted by Gasteiger charge is 2.23. The number of ether oxygens (including phenoxy) is 1. The van der Waals surface area contributed by atoms with E-state index < -0.39 is 5.82 Å². The van der Waals surface area contributed by atoms with Crippen LogP contribution in [0.15, 0.2) is 59.0 Å². The number of aromatic nitrogens is 3. The zero-order valence-electron chi connectivity index (χ0n) is 24.1. The zero-order valence-corrected chi connectivity index (χ0v) is 24.9. The summed E-state index contributed by atoms with van der Waals surface area (Å²) in [6.45, 7) is 9.45. The number of aryl methyl sites for hydroxylation is 2. The molecule has 1 fully saturated rings. The van der Waals surface area contributed by atoms with Crippen LogP contribution in [0.25, 0.3) is 0 Å². The van der Waals surface area contributed by atoms with E-state index in [0.29, 0.717) is 46.3 Å². The maximum Gasteiger partial charge on any atom is 0.235 e. The average Bonchev–Trinajstić information content (AvgIpc) is 3.39. The molecule has 4 aromatic rings. The number of pyridine rings is 1. The summed E-state index contributed by atoms with van der Waals surface area (Å²) in [6.07, 6.45) is 1.95. The predicted octanol–water partition coefficient (Wildman–Crippen LogP) is 6.54. The lowest BCUT2D eigenvalue weighted by molar-refractivity contribution is 0.101. The average molecular weight is 592 g/mol. The fourth-order valence-corrected chi connectivity index (χ4v) is 5.42. The van der Waals surface area contributed by atoms with E-state index in [1.54, 1.807) is 32.0 Å². The van der Waals surface area contributed by atoms with Crippen LogP contribution in [-0.2, 0) is 13.2 Å². The summed E-state index contributed by atoms with van der Waals surface area (Å²) in [5, 5.41) is 8.54. The number of rotatable bonds is 11. The molecule has 8 nitrogen and oxygen atoms in total. The molecule has 1 saturated heterocycles. The van der Waals surface area contributed by atoms with Crippen molar-refractivity contribution in [2.75, 3.05) is 31.1 Å². The SMILES string of the molecule is CC(=O)c1ccc(C)c(N(CCN2CCC(c3cccc(OCc4ccc(Cl)cc4F)n3)CC2)Cc2nnc(C)o2)c1. The maximum absolute atomic E-state index is 14.1.